The van der Waals surface area contributed by atoms with E-state index >= 15 is 0 Å². The molecule has 17 heavy (non-hydrogen) atoms. The number of anilines is 1. The smallest absolute Gasteiger partial charge is 0.292 e. The maximum absolute atomic E-state index is 5.57. The predicted octanol–water partition coefficient (Wildman–Crippen LogP) is 3.26. The van der Waals surface area contributed by atoms with Crippen LogP contribution in [-0.2, 0) is 6.42 Å². The van der Waals surface area contributed by atoms with Crippen molar-refractivity contribution in [3.63, 3.8) is 0 Å². The van der Waals surface area contributed by atoms with E-state index in [2.05, 4.69) is 20.9 Å². The Morgan fingerprint density at radius 2 is 2.24 bits per heavy atom. The molecule has 2 N–H and O–H groups in total. The van der Waals surface area contributed by atoms with Crippen LogP contribution in [0.25, 0.3) is 11.3 Å². The molecular formula is C12H13BrN2O2. The van der Waals surface area contributed by atoms with Crippen LogP contribution in [0.3, 0.4) is 0 Å². The summed E-state index contributed by atoms with van der Waals surface area (Å²) in [5.41, 5.74) is 7.36. The van der Waals surface area contributed by atoms with Gasteiger partial charge in [-0.1, -0.05) is 6.92 Å². The molecule has 0 saturated carbocycles. The van der Waals surface area contributed by atoms with Crippen LogP contribution < -0.4 is 10.5 Å². The fourth-order valence-corrected chi connectivity index (χ4v) is 2.18. The average Bonchev–Trinajstić information content (AvgIpc) is 2.70. The zero-order valence-corrected chi connectivity index (χ0v) is 11.2. The first-order valence-electron chi connectivity index (χ1n) is 5.24. The lowest BCUT2D eigenvalue weighted by molar-refractivity contribution is 0.412. The van der Waals surface area contributed by atoms with Gasteiger partial charge in [0.25, 0.3) is 6.01 Å². The number of hydrogen-bond acceptors (Lipinski definition) is 4. The Morgan fingerprint density at radius 3 is 2.82 bits per heavy atom. The molecule has 1 heterocycles. The quantitative estimate of drug-likeness (QED) is 0.944. The van der Waals surface area contributed by atoms with E-state index in [4.69, 9.17) is 14.9 Å². The highest BCUT2D eigenvalue weighted by molar-refractivity contribution is 9.10. The van der Waals surface area contributed by atoms with Gasteiger partial charge in [0, 0.05) is 5.56 Å². The number of aryl methyl sites for hydroxylation is 1. The highest BCUT2D eigenvalue weighted by Crippen LogP contribution is 2.33. The first-order chi connectivity index (χ1) is 8.15. The van der Waals surface area contributed by atoms with Crippen LogP contribution in [-0.4, -0.2) is 12.1 Å². The normalized spacial score (nSPS) is 10.5. The molecule has 0 aliphatic rings. The fraction of sp³-hybridized carbons (Fsp3) is 0.250. The van der Waals surface area contributed by atoms with Gasteiger partial charge in [0.2, 0.25) is 0 Å². The third-order valence-corrected chi connectivity index (χ3v) is 3.08. The summed E-state index contributed by atoms with van der Waals surface area (Å²) in [6.45, 7) is 2.01. The van der Waals surface area contributed by atoms with E-state index in [1.54, 1.807) is 7.11 Å². The van der Waals surface area contributed by atoms with Gasteiger partial charge in [0.15, 0.2) is 5.76 Å². The highest BCUT2D eigenvalue weighted by atomic mass is 79.9. The molecule has 4 nitrogen and oxygen atoms in total. The number of halogens is 1. The molecule has 2 rings (SSSR count). The first kappa shape index (κ1) is 12.0. The highest BCUT2D eigenvalue weighted by Gasteiger charge is 2.13. The summed E-state index contributed by atoms with van der Waals surface area (Å²) in [6, 6.07) is 5.92. The van der Waals surface area contributed by atoms with Crippen LogP contribution >= 0.6 is 15.9 Å². The largest absolute Gasteiger partial charge is 0.496 e. The van der Waals surface area contributed by atoms with E-state index in [0.29, 0.717) is 5.76 Å². The van der Waals surface area contributed by atoms with Crippen molar-refractivity contribution in [1.29, 1.82) is 0 Å². The minimum Gasteiger partial charge on any atom is -0.496 e. The van der Waals surface area contributed by atoms with Crippen molar-refractivity contribution in [3.05, 3.63) is 28.4 Å². The van der Waals surface area contributed by atoms with Gasteiger partial charge >= 0.3 is 0 Å². The van der Waals surface area contributed by atoms with Crippen molar-refractivity contribution < 1.29 is 9.15 Å². The molecule has 0 radical (unpaired) electrons. The molecule has 0 amide bonds. The van der Waals surface area contributed by atoms with Gasteiger partial charge in [-0.05, 0) is 40.5 Å². The standard InChI is InChI=1S/C12H13BrN2O2/c1-3-9-11(17-12(14)15-9)7-4-5-10(16-2)8(13)6-7/h4-6H,3H2,1-2H3,(H2,14,15). The van der Waals surface area contributed by atoms with Crippen molar-refractivity contribution in [1.82, 2.24) is 4.98 Å². The monoisotopic (exact) mass is 296 g/mol. The van der Waals surface area contributed by atoms with Crippen LogP contribution in [0.1, 0.15) is 12.6 Å². The van der Waals surface area contributed by atoms with Crippen LogP contribution in [0.5, 0.6) is 5.75 Å². The van der Waals surface area contributed by atoms with Gasteiger partial charge in [0.1, 0.15) is 5.75 Å². The minimum atomic E-state index is 0.198. The maximum atomic E-state index is 5.57. The second-order valence-corrected chi connectivity index (χ2v) is 4.39. The molecule has 0 aliphatic carbocycles. The Kier molecular flexibility index (Phi) is 3.38. The number of nitrogens with zero attached hydrogens (tertiary/aromatic N) is 1. The van der Waals surface area contributed by atoms with Crippen molar-refractivity contribution in [3.8, 4) is 17.1 Å². The van der Waals surface area contributed by atoms with E-state index in [0.717, 1.165) is 27.9 Å². The molecule has 0 saturated heterocycles. The summed E-state index contributed by atoms with van der Waals surface area (Å²) >= 11 is 3.44. The Balaban J connectivity index is 2.49. The number of oxazole rings is 1. The predicted molar refractivity (Wildman–Crippen MR) is 70.0 cm³/mol. The lowest BCUT2D eigenvalue weighted by Crippen LogP contribution is -1.88. The molecule has 1 aromatic heterocycles. The van der Waals surface area contributed by atoms with Crippen molar-refractivity contribution >= 4 is 21.9 Å². The minimum absolute atomic E-state index is 0.198. The number of methoxy groups -OCH3 is 1. The third kappa shape index (κ3) is 2.29. The van der Waals surface area contributed by atoms with Crippen molar-refractivity contribution in [2.45, 2.75) is 13.3 Å². The van der Waals surface area contributed by atoms with Gasteiger partial charge < -0.3 is 14.9 Å². The molecule has 90 valence electrons. The number of benzene rings is 1. The summed E-state index contributed by atoms with van der Waals surface area (Å²) in [4.78, 5) is 4.14. The van der Waals surface area contributed by atoms with Crippen molar-refractivity contribution in [2.24, 2.45) is 0 Å². The van der Waals surface area contributed by atoms with E-state index in [9.17, 15) is 0 Å². The van der Waals surface area contributed by atoms with Gasteiger partial charge in [-0.2, -0.15) is 4.98 Å². The molecule has 1 aromatic carbocycles. The lowest BCUT2D eigenvalue weighted by Gasteiger charge is -2.05. The number of aromatic nitrogens is 1. The first-order valence-corrected chi connectivity index (χ1v) is 6.04. The zero-order valence-electron chi connectivity index (χ0n) is 9.66. The summed E-state index contributed by atoms with van der Waals surface area (Å²) in [5, 5.41) is 0. The number of ether oxygens (including phenoxy) is 1. The van der Waals surface area contributed by atoms with Crippen LogP contribution in [0, 0.1) is 0 Å². The number of nitrogen functional groups attached to an aromatic ring is 1. The summed E-state index contributed by atoms with van der Waals surface area (Å²) < 4.78 is 11.5. The van der Waals surface area contributed by atoms with Gasteiger partial charge in [-0.25, -0.2) is 0 Å². The van der Waals surface area contributed by atoms with Crippen molar-refractivity contribution in [2.75, 3.05) is 12.8 Å². The maximum Gasteiger partial charge on any atom is 0.292 e. The molecule has 0 atom stereocenters. The SMILES string of the molecule is CCc1nc(N)oc1-c1ccc(OC)c(Br)c1. The number of rotatable bonds is 3. The molecule has 0 fully saturated rings. The molecule has 0 spiro atoms. The second kappa shape index (κ2) is 4.79. The summed E-state index contributed by atoms with van der Waals surface area (Å²) in [5.74, 6) is 1.49. The Morgan fingerprint density at radius 1 is 1.47 bits per heavy atom. The lowest BCUT2D eigenvalue weighted by atomic mass is 10.1. The van der Waals surface area contributed by atoms with Gasteiger partial charge in [-0.15, -0.1) is 0 Å². The van der Waals surface area contributed by atoms with E-state index in [1.807, 2.05) is 25.1 Å². The van der Waals surface area contributed by atoms with E-state index in [1.165, 1.54) is 0 Å². The Bertz CT molecular complexity index is 537. The topological polar surface area (TPSA) is 61.3 Å². The number of hydrogen-bond donors (Lipinski definition) is 1. The molecule has 0 aliphatic heterocycles. The van der Waals surface area contributed by atoms with Crippen LogP contribution in [0.15, 0.2) is 27.1 Å². The van der Waals surface area contributed by atoms with E-state index in [-0.39, 0.29) is 6.01 Å². The Hall–Kier alpha value is -1.49. The third-order valence-electron chi connectivity index (χ3n) is 2.46. The molecule has 5 heteroatoms. The molecule has 0 unspecified atom stereocenters. The van der Waals surface area contributed by atoms with Gasteiger partial charge in [0.05, 0.1) is 17.3 Å². The Labute approximate surface area is 108 Å². The second-order valence-electron chi connectivity index (χ2n) is 3.53. The molecule has 2 aromatic rings. The summed E-state index contributed by atoms with van der Waals surface area (Å²) in [7, 11) is 1.63. The number of nitrogens with two attached hydrogens (primary N) is 1. The van der Waals surface area contributed by atoms with Crippen LogP contribution in [0.4, 0.5) is 6.01 Å². The van der Waals surface area contributed by atoms with Crippen LogP contribution in [0.2, 0.25) is 0 Å². The molecule has 0 bridgehead atoms. The zero-order chi connectivity index (χ0) is 12.4. The van der Waals surface area contributed by atoms with E-state index < -0.39 is 0 Å². The average molecular weight is 297 g/mol. The summed E-state index contributed by atoms with van der Waals surface area (Å²) in [6.07, 6.45) is 0.777. The van der Waals surface area contributed by atoms with Gasteiger partial charge in [-0.3, -0.25) is 0 Å². The fourth-order valence-electron chi connectivity index (χ4n) is 1.64. The molecular weight excluding hydrogens is 284 g/mol.